The average molecular weight is 280 g/mol. The van der Waals surface area contributed by atoms with Gasteiger partial charge in [-0.1, -0.05) is 18.2 Å². The molecule has 6 heteroatoms. The van der Waals surface area contributed by atoms with E-state index in [2.05, 4.69) is 10.9 Å². The van der Waals surface area contributed by atoms with Crippen LogP contribution in [0.15, 0.2) is 30.3 Å². The van der Waals surface area contributed by atoms with Crippen LogP contribution in [0.25, 0.3) is 0 Å². The first-order valence-electron chi connectivity index (χ1n) is 6.46. The molecular formula is C14H20N2O4. The number of carbonyl (C=O) groups excluding carboxylic acids is 2. The van der Waals surface area contributed by atoms with Crippen molar-refractivity contribution in [2.24, 2.45) is 0 Å². The van der Waals surface area contributed by atoms with E-state index in [4.69, 9.17) is 9.47 Å². The number of nitrogens with one attached hydrogen (secondary N) is 2. The Bertz CT molecular complexity index is 406. The SMILES string of the molecule is CC(=O)OC(CCCNNc1ccccc1)OC(C)=O. The van der Waals surface area contributed by atoms with Gasteiger partial charge < -0.3 is 14.9 Å². The molecule has 0 amide bonds. The molecule has 0 radical (unpaired) electrons. The largest absolute Gasteiger partial charge is 0.425 e. The molecule has 0 aromatic heterocycles. The molecule has 0 fully saturated rings. The normalized spacial score (nSPS) is 10.2. The van der Waals surface area contributed by atoms with Crippen LogP contribution in [-0.2, 0) is 19.1 Å². The molecule has 0 aliphatic carbocycles. The summed E-state index contributed by atoms with van der Waals surface area (Å²) < 4.78 is 9.79. The fourth-order valence-electron chi connectivity index (χ4n) is 1.56. The number of anilines is 1. The molecule has 0 saturated carbocycles. The van der Waals surface area contributed by atoms with E-state index in [9.17, 15) is 9.59 Å². The summed E-state index contributed by atoms with van der Waals surface area (Å²) in [6.07, 6.45) is 0.316. The summed E-state index contributed by atoms with van der Waals surface area (Å²) in [5.41, 5.74) is 7.03. The molecule has 0 atom stereocenters. The zero-order valence-corrected chi connectivity index (χ0v) is 11.7. The van der Waals surface area contributed by atoms with Gasteiger partial charge in [0.05, 0.1) is 0 Å². The lowest BCUT2D eigenvalue weighted by Gasteiger charge is -2.16. The number of carbonyl (C=O) groups is 2. The molecular weight excluding hydrogens is 260 g/mol. The van der Waals surface area contributed by atoms with Gasteiger partial charge in [0.2, 0.25) is 6.29 Å². The van der Waals surface area contributed by atoms with Gasteiger partial charge >= 0.3 is 11.9 Å². The van der Waals surface area contributed by atoms with Crippen molar-refractivity contribution >= 4 is 17.6 Å². The lowest BCUT2D eigenvalue weighted by atomic mass is 10.3. The number of rotatable bonds is 8. The Labute approximate surface area is 118 Å². The van der Waals surface area contributed by atoms with Crippen molar-refractivity contribution in [3.8, 4) is 0 Å². The van der Waals surface area contributed by atoms with E-state index in [0.717, 1.165) is 5.69 Å². The van der Waals surface area contributed by atoms with Gasteiger partial charge in [-0.2, -0.15) is 0 Å². The van der Waals surface area contributed by atoms with Crippen molar-refractivity contribution in [2.45, 2.75) is 33.0 Å². The number of benzene rings is 1. The van der Waals surface area contributed by atoms with Crippen LogP contribution in [0.3, 0.4) is 0 Å². The maximum absolute atomic E-state index is 10.9. The summed E-state index contributed by atoms with van der Waals surface area (Å²) >= 11 is 0. The number of ether oxygens (including phenoxy) is 2. The Morgan fingerprint density at radius 3 is 2.25 bits per heavy atom. The Morgan fingerprint density at radius 2 is 1.70 bits per heavy atom. The fraction of sp³-hybridized carbons (Fsp3) is 0.429. The Hall–Kier alpha value is -2.08. The molecule has 110 valence electrons. The van der Waals surface area contributed by atoms with Crippen LogP contribution in [-0.4, -0.2) is 24.8 Å². The van der Waals surface area contributed by atoms with Crippen molar-refractivity contribution in [1.29, 1.82) is 0 Å². The van der Waals surface area contributed by atoms with Crippen LogP contribution < -0.4 is 10.9 Å². The molecule has 1 aromatic rings. The van der Waals surface area contributed by atoms with Gasteiger partial charge in [0.1, 0.15) is 0 Å². The monoisotopic (exact) mass is 280 g/mol. The molecule has 20 heavy (non-hydrogen) atoms. The first-order chi connectivity index (χ1) is 9.58. The molecule has 1 rings (SSSR count). The van der Waals surface area contributed by atoms with Crippen LogP contribution in [0.1, 0.15) is 26.7 Å². The molecule has 0 bridgehead atoms. The number of para-hydroxylation sites is 1. The second kappa shape index (κ2) is 8.92. The molecule has 2 N–H and O–H groups in total. The van der Waals surface area contributed by atoms with Gasteiger partial charge in [-0.25, -0.2) is 5.43 Å². The minimum absolute atomic E-state index is 0.447. The van der Waals surface area contributed by atoms with Gasteiger partial charge in [-0.15, -0.1) is 0 Å². The Balaban J connectivity index is 2.19. The third-order valence-corrected chi connectivity index (χ3v) is 2.34. The van der Waals surface area contributed by atoms with Crippen LogP contribution in [0.5, 0.6) is 0 Å². The van der Waals surface area contributed by atoms with Crippen LogP contribution in [0.4, 0.5) is 5.69 Å². The van der Waals surface area contributed by atoms with E-state index < -0.39 is 18.2 Å². The van der Waals surface area contributed by atoms with E-state index in [1.165, 1.54) is 13.8 Å². The van der Waals surface area contributed by atoms with Crippen LogP contribution in [0.2, 0.25) is 0 Å². The molecule has 0 heterocycles. The zero-order valence-electron chi connectivity index (χ0n) is 11.7. The zero-order chi connectivity index (χ0) is 14.8. The van der Waals surface area contributed by atoms with E-state index in [1.54, 1.807) is 0 Å². The highest BCUT2D eigenvalue weighted by Gasteiger charge is 2.14. The predicted molar refractivity (Wildman–Crippen MR) is 74.6 cm³/mol. The van der Waals surface area contributed by atoms with Gasteiger partial charge in [0.15, 0.2) is 0 Å². The van der Waals surface area contributed by atoms with Crippen molar-refractivity contribution in [1.82, 2.24) is 5.43 Å². The standard InChI is InChI=1S/C14H20N2O4/c1-11(17)19-14(20-12(2)18)9-6-10-15-16-13-7-4-3-5-8-13/h3-5,7-8,14-16H,6,9-10H2,1-2H3. The van der Waals surface area contributed by atoms with Crippen LogP contribution in [0, 0.1) is 0 Å². The van der Waals surface area contributed by atoms with E-state index in [1.807, 2.05) is 30.3 Å². The second-order valence-corrected chi connectivity index (χ2v) is 4.21. The van der Waals surface area contributed by atoms with Crippen LogP contribution >= 0.6 is 0 Å². The van der Waals surface area contributed by atoms with E-state index in [-0.39, 0.29) is 0 Å². The minimum atomic E-state index is -0.816. The molecule has 0 aliphatic rings. The number of hydrogen-bond acceptors (Lipinski definition) is 6. The molecule has 0 aliphatic heterocycles. The second-order valence-electron chi connectivity index (χ2n) is 4.21. The quantitative estimate of drug-likeness (QED) is 0.327. The highest BCUT2D eigenvalue weighted by atomic mass is 16.7. The molecule has 0 unspecified atom stereocenters. The van der Waals surface area contributed by atoms with Crippen molar-refractivity contribution in [3.05, 3.63) is 30.3 Å². The Kier molecular flexibility index (Phi) is 7.13. The minimum Gasteiger partial charge on any atom is -0.425 e. The van der Waals surface area contributed by atoms with Gasteiger partial charge in [-0.3, -0.25) is 9.59 Å². The summed E-state index contributed by atoms with van der Waals surface area (Å²) in [4.78, 5) is 21.7. The van der Waals surface area contributed by atoms with Crippen molar-refractivity contribution in [3.63, 3.8) is 0 Å². The molecule has 1 aromatic carbocycles. The average Bonchev–Trinajstić information content (AvgIpc) is 2.38. The summed E-state index contributed by atoms with van der Waals surface area (Å²) in [5, 5.41) is 0. The summed E-state index contributed by atoms with van der Waals surface area (Å²) in [6, 6.07) is 9.68. The molecule has 0 spiro atoms. The van der Waals surface area contributed by atoms with Gasteiger partial charge in [0, 0.05) is 32.5 Å². The van der Waals surface area contributed by atoms with Crippen molar-refractivity contribution in [2.75, 3.05) is 12.0 Å². The summed E-state index contributed by atoms with van der Waals surface area (Å²) in [6.45, 7) is 3.21. The predicted octanol–water partition coefficient (Wildman–Crippen LogP) is 1.84. The first-order valence-corrected chi connectivity index (χ1v) is 6.46. The number of esters is 2. The van der Waals surface area contributed by atoms with Crippen molar-refractivity contribution < 1.29 is 19.1 Å². The number of hydrazine groups is 1. The topological polar surface area (TPSA) is 76.7 Å². The summed E-state index contributed by atoms with van der Waals surface area (Å²) in [5.74, 6) is -0.932. The smallest absolute Gasteiger partial charge is 0.305 e. The molecule has 6 nitrogen and oxygen atoms in total. The van der Waals surface area contributed by atoms with E-state index >= 15 is 0 Å². The number of hydrogen-bond donors (Lipinski definition) is 2. The lowest BCUT2D eigenvalue weighted by Crippen LogP contribution is -2.26. The third-order valence-electron chi connectivity index (χ3n) is 2.34. The fourth-order valence-corrected chi connectivity index (χ4v) is 1.56. The van der Waals surface area contributed by atoms with Gasteiger partial charge in [-0.05, 0) is 18.6 Å². The third kappa shape index (κ3) is 7.38. The highest BCUT2D eigenvalue weighted by molar-refractivity contribution is 5.68. The van der Waals surface area contributed by atoms with Gasteiger partial charge in [0.25, 0.3) is 0 Å². The maximum atomic E-state index is 10.9. The molecule has 0 saturated heterocycles. The van der Waals surface area contributed by atoms with E-state index in [0.29, 0.717) is 19.4 Å². The Morgan fingerprint density at radius 1 is 1.10 bits per heavy atom. The maximum Gasteiger partial charge on any atom is 0.305 e. The lowest BCUT2D eigenvalue weighted by molar-refractivity contribution is -0.185. The first kappa shape index (κ1) is 16.0. The summed E-state index contributed by atoms with van der Waals surface area (Å²) in [7, 11) is 0. The highest BCUT2D eigenvalue weighted by Crippen LogP contribution is 2.06.